The van der Waals surface area contributed by atoms with E-state index >= 15 is 0 Å². The molecule has 0 nitrogen and oxygen atoms in total. The fraction of sp³-hybridized carbons (Fsp3) is 0.0303. The van der Waals surface area contributed by atoms with Gasteiger partial charge >= 0.3 is 0 Å². The Labute approximate surface area is 381 Å². The molecule has 0 saturated carbocycles. The molecule has 0 bridgehead atoms. The molecule has 0 heteroatoms. The molecule has 0 aliphatic rings. The Kier molecular flexibility index (Phi) is 7.18. The van der Waals surface area contributed by atoms with Crippen molar-refractivity contribution < 1.29 is 0 Å². The standard InChI is InChI=1S/C66H40/c1-37-14-12-15-38(2)58(37)43-27-28-48-46(31-43)33-54-53-36-56-55(35-52(53)50-23-13-22-49(48)63(50)54)61(41-20-10-5-11-21-41)66-57-34-47-32-45(39-16-6-3-7-17-39)30-44-25-24-42-26-29-51(64(57)62(42)59(44)47)65(66)60(56)40-18-8-4-9-19-40/h3-36H,1-2H3. The molecular weight excluding hydrogens is 793 g/mol. The van der Waals surface area contributed by atoms with Gasteiger partial charge in [-0.2, -0.15) is 0 Å². The average Bonchev–Trinajstić information content (AvgIpc) is 3.85. The Morgan fingerprint density at radius 2 is 0.727 bits per heavy atom. The summed E-state index contributed by atoms with van der Waals surface area (Å²) in [4.78, 5) is 0. The summed E-state index contributed by atoms with van der Waals surface area (Å²) in [6.45, 7) is 4.46. The molecule has 304 valence electrons. The summed E-state index contributed by atoms with van der Waals surface area (Å²) in [5.41, 5.74) is 12.8. The number of hydrogen-bond acceptors (Lipinski definition) is 0. The summed E-state index contributed by atoms with van der Waals surface area (Å²) in [5, 5.41) is 26.3. The number of fused-ring (bicyclic) bond motifs is 9. The van der Waals surface area contributed by atoms with Crippen LogP contribution in [0.4, 0.5) is 0 Å². The zero-order chi connectivity index (χ0) is 43.4. The fourth-order valence-corrected chi connectivity index (χ4v) is 12.5. The lowest BCUT2D eigenvalue weighted by atomic mass is 9.85. The molecule has 0 aliphatic heterocycles. The second-order valence-corrected chi connectivity index (χ2v) is 18.8. The van der Waals surface area contributed by atoms with Crippen LogP contribution in [0, 0.1) is 13.8 Å². The van der Waals surface area contributed by atoms with Gasteiger partial charge in [-0.1, -0.05) is 164 Å². The van der Waals surface area contributed by atoms with E-state index in [1.54, 1.807) is 0 Å². The first-order valence-corrected chi connectivity index (χ1v) is 23.2. The molecule has 0 fully saturated rings. The van der Waals surface area contributed by atoms with E-state index in [0.29, 0.717) is 0 Å². The molecule has 15 aromatic rings. The van der Waals surface area contributed by atoms with Gasteiger partial charge in [-0.3, -0.25) is 0 Å². The van der Waals surface area contributed by atoms with Gasteiger partial charge < -0.3 is 0 Å². The third-order valence-electron chi connectivity index (χ3n) is 15.2. The minimum Gasteiger partial charge on any atom is -0.0622 e. The topological polar surface area (TPSA) is 0 Å². The van der Waals surface area contributed by atoms with Crippen molar-refractivity contribution in [3.63, 3.8) is 0 Å². The van der Waals surface area contributed by atoms with Crippen LogP contribution in [0.2, 0.25) is 0 Å². The maximum absolute atomic E-state index is 2.57. The van der Waals surface area contributed by atoms with Crippen molar-refractivity contribution in [3.05, 3.63) is 217 Å². The van der Waals surface area contributed by atoms with Crippen molar-refractivity contribution in [1.82, 2.24) is 0 Å². The van der Waals surface area contributed by atoms with Crippen LogP contribution in [0.25, 0.3) is 152 Å². The molecule has 15 aromatic carbocycles. The van der Waals surface area contributed by atoms with Gasteiger partial charge in [0.05, 0.1) is 0 Å². The first kappa shape index (κ1) is 36.1. The van der Waals surface area contributed by atoms with Crippen LogP contribution in [-0.4, -0.2) is 0 Å². The third kappa shape index (κ3) is 4.78. The Morgan fingerprint density at radius 3 is 1.42 bits per heavy atom. The smallest absolute Gasteiger partial charge is 0.000719 e. The normalized spacial score (nSPS) is 12.4. The Balaban J connectivity index is 1.15. The van der Waals surface area contributed by atoms with Crippen LogP contribution < -0.4 is 0 Å². The van der Waals surface area contributed by atoms with Gasteiger partial charge in [0.15, 0.2) is 0 Å². The predicted octanol–water partition coefficient (Wildman–Crippen LogP) is 18.8. The first-order valence-electron chi connectivity index (χ1n) is 23.2. The van der Waals surface area contributed by atoms with Gasteiger partial charge in [0.2, 0.25) is 0 Å². The molecule has 0 N–H and O–H groups in total. The largest absolute Gasteiger partial charge is 0.0622 e. The monoisotopic (exact) mass is 832 g/mol. The molecule has 15 rings (SSSR count). The van der Waals surface area contributed by atoms with Gasteiger partial charge in [-0.25, -0.2) is 0 Å². The van der Waals surface area contributed by atoms with Crippen molar-refractivity contribution in [2.24, 2.45) is 0 Å². The summed E-state index contributed by atoms with van der Waals surface area (Å²) in [6, 6.07) is 78.4. The van der Waals surface area contributed by atoms with Crippen molar-refractivity contribution in [3.8, 4) is 44.5 Å². The summed E-state index contributed by atoms with van der Waals surface area (Å²) < 4.78 is 0. The zero-order valence-electron chi connectivity index (χ0n) is 36.6. The lowest BCUT2D eigenvalue weighted by Crippen LogP contribution is -1.90. The van der Waals surface area contributed by atoms with E-state index in [2.05, 4.69) is 220 Å². The van der Waals surface area contributed by atoms with Crippen LogP contribution in [0.3, 0.4) is 0 Å². The molecule has 0 saturated heterocycles. The number of aryl methyl sites for hydroxylation is 2. The molecule has 0 atom stereocenters. The molecule has 0 heterocycles. The third-order valence-corrected chi connectivity index (χ3v) is 15.2. The highest BCUT2D eigenvalue weighted by molar-refractivity contribution is 6.46. The van der Waals surface area contributed by atoms with E-state index in [0.717, 1.165) is 0 Å². The quantitative estimate of drug-likeness (QED) is 0.155. The van der Waals surface area contributed by atoms with E-state index in [-0.39, 0.29) is 0 Å². The van der Waals surface area contributed by atoms with E-state index in [9.17, 15) is 0 Å². The minimum atomic E-state index is 1.24. The maximum Gasteiger partial charge on any atom is -0.000719 e. The molecule has 0 spiro atoms. The minimum absolute atomic E-state index is 1.24. The predicted molar refractivity (Wildman–Crippen MR) is 286 cm³/mol. The average molecular weight is 833 g/mol. The van der Waals surface area contributed by atoms with Crippen LogP contribution in [-0.2, 0) is 0 Å². The lowest BCUT2D eigenvalue weighted by molar-refractivity contribution is 1.38. The summed E-state index contributed by atoms with van der Waals surface area (Å²) in [5.74, 6) is 0. The maximum atomic E-state index is 2.57. The molecule has 0 amide bonds. The highest BCUT2D eigenvalue weighted by Crippen LogP contribution is 2.55. The summed E-state index contributed by atoms with van der Waals surface area (Å²) >= 11 is 0. The summed E-state index contributed by atoms with van der Waals surface area (Å²) in [6.07, 6.45) is 0. The van der Waals surface area contributed by atoms with Gasteiger partial charge in [0, 0.05) is 0 Å². The Bertz CT molecular complexity index is 4460. The van der Waals surface area contributed by atoms with E-state index in [1.807, 2.05) is 0 Å². The number of benzene rings is 13. The van der Waals surface area contributed by atoms with Crippen molar-refractivity contribution in [2.45, 2.75) is 13.8 Å². The van der Waals surface area contributed by atoms with Gasteiger partial charge in [0.25, 0.3) is 0 Å². The van der Waals surface area contributed by atoms with Crippen LogP contribution >= 0.6 is 0 Å². The Morgan fingerprint density at radius 1 is 0.197 bits per heavy atom. The molecule has 0 aromatic heterocycles. The van der Waals surface area contributed by atoms with Crippen molar-refractivity contribution >= 4 is 108 Å². The molecule has 0 aliphatic carbocycles. The van der Waals surface area contributed by atoms with Gasteiger partial charge in [0.1, 0.15) is 0 Å². The summed E-state index contributed by atoms with van der Waals surface area (Å²) in [7, 11) is 0. The van der Waals surface area contributed by atoms with E-state index in [1.165, 1.54) is 163 Å². The van der Waals surface area contributed by atoms with Crippen molar-refractivity contribution in [1.29, 1.82) is 0 Å². The zero-order valence-corrected chi connectivity index (χ0v) is 36.6. The van der Waals surface area contributed by atoms with Crippen LogP contribution in [0.1, 0.15) is 11.1 Å². The van der Waals surface area contributed by atoms with E-state index < -0.39 is 0 Å². The van der Waals surface area contributed by atoms with Gasteiger partial charge in [-0.05, 0) is 220 Å². The van der Waals surface area contributed by atoms with E-state index in [4.69, 9.17) is 0 Å². The Hall–Kier alpha value is -8.32. The molecule has 0 unspecified atom stereocenters. The number of hydrogen-bond donors (Lipinski definition) is 0. The first-order chi connectivity index (χ1) is 32.6. The SMILES string of the molecule is Cc1cccc(C)c1-c1ccc2c(c1)cc1c3cc4c(-c5ccccc5)c5c6ccc7ccc8cc(-c9ccccc9)cc9cc(c5c(-c5ccccc5)c4cc3c3cccc2c31)c6c7c89. The highest BCUT2D eigenvalue weighted by atomic mass is 14.3. The fourth-order valence-electron chi connectivity index (χ4n) is 12.5. The molecular formula is C66H40. The van der Waals surface area contributed by atoms with Crippen LogP contribution in [0.15, 0.2) is 206 Å². The van der Waals surface area contributed by atoms with Gasteiger partial charge in [-0.15, -0.1) is 0 Å². The number of rotatable bonds is 4. The highest BCUT2D eigenvalue weighted by Gasteiger charge is 2.27. The second-order valence-electron chi connectivity index (χ2n) is 18.8. The molecule has 66 heavy (non-hydrogen) atoms. The van der Waals surface area contributed by atoms with Crippen molar-refractivity contribution in [2.75, 3.05) is 0 Å². The second kappa shape index (κ2) is 13.1. The van der Waals surface area contributed by atoms with Crippen LogP contribution in [0.5, 0.6) is 0 Å². The lowest BCUT2D eigenvalue weighted by Gasteiger charge is -2.17. The molecule has 0 radical (unpaired) electrons.